The summed E-state index contributed by atoms with van der Waals surface area (Å²) in [6.07, 6.45) is 5.34. The Morgan fingerprint density at radius 1 is 1.00 bits per heavy atom. The van der Waals surface area contributed by atoms with E-state index < -0.39 is 0 Å². The molecule has 2 amide bonds. The van der Waals surface area contributed by atoms with E-state index in [9.17, 15) is 9.59 Å². The summed E-state index contributed by atoms with van der Waals surface area (Å²) in [4.78, 5) is 37.1. The Bertz CT molecular complexity index is 1280. The summed E-state index contributed by atoms with van der Waals surface area (Å²) < 4.78 is 0. The topological polar surface area (TPSA) is 75.2 Å². The number of hydrogen-bond donors (Lipinski definition) is 1. The normalized spacial score (nSPS) is 10.7. The molecule has 0 aliphatic carbocycles. The van der Waals surface area contributed by atoms with Gasteiger partial charge in [0, 0.05) is 35.3 Å². The van der Waals surface area contributed by atoms with E-state index in [1.807, 2.05) is 66.9 Å². The highest BCUT2D eigenvalue weighted by Gasteiger charge is 2.20. The molecule has 7 heteroatoms. The molecule has 0 radical (unpaired) electrons. The van der Waals surface area contributed by atoms with E-state index in [0.717, 1.165) is 27.0 Å². The molecule has 0 saturated heterocycles. The zero-order valence-electron chi connectivity index (χ0n) is 17.8. The van der Waals surface area contributed by atoms with Crippen LogP contribution in [0.25, 0.3) is 22.2 Å². The average molecular weight is 443 g/mol. The number of amides is 2. The number of benzene rings is 2. The van der Waals surface area contributed by atoms with Crippen molar-refractivity contribution in [2.75, 3.05) is 25.2 Å². The maximum atomic E-state index is 13.4. The van der Waals surface area contributed by atoms with E-state index in [4.69, 9.17) is 4.98 Å². The average Bonchev–Trinajstić information content (AvgIpc) is 2.83. The lowest BCUT2D eigenvalue weighted by atomic mass is 10.0. The van der Waals surface area contributed by atoms with Gasteiger partial charge in [0.25, 0.3) is 5.91 Å². The summed E-state index contributed by atoms with van der Waals surface area (Å²) in [5, 5.41) is 3.65. The van der Waals surface area contributed by atoms with Crippen LogP contribution in [0.3, 0.4) is 0 Å². The molecule has 2 heterocycles. The zero-order valence-corrected chi connectivity index (χ0v) is 18.6. The van der Waals surface area contributed by atoms with Gasteiger partial charge < -0.3 is 10.2 Å². The van der Waals surface area contributed by atoms with Gasteiger partial charge in [0.2, 0.25) is 5.91 Å². The van der Waals surface area contributed by atoms with Crippen molar-refractivity contribution in [3.8, 4) is 11.3 Å². The fourth-order valence-corrected chi connectivity index (χ4v) is 4.01. The number of aromatic nitrogens is 2. The molecule has 6 nitrogen and oxygen atoms in total. The lowest BCUT2D eigenvalue weighted by molar-refractivity contribution is -0.116. The smallest absolute Gasteiger partial charge is 0.254 e. The lowest BCUT2D eigenvalue weighted by Crippen LogP contribution is -2.35. The third-order valence-corrected chi connectivity index (χ3v) is 5.83. The highest BCUT2D eigenvalue weighted by Crippen LogP contribution is 2.26. The number of nitrogens with zero attached hydrogens (tertiary/aromatic N) is 3. The number of pyridine rings is 2. The number of anilines is 1. The van der Waals surface area contributed by atoms with Gasteiger partial charge in [-0.15, -0.1) is 11.8 Å². The number of nitrogens with one attached hydrogen (secondary N) is 1. The minimum absolute atomic E-state index is 0.0667. The summed E-state index contributed by atoms with van der Waals surface area (Å²) >= 11 is 1.55. The van der Waals surface area contributed by atoms with Crippen LogP contribution >= 0.6 is 11.8 Å². The minimum atomic E-state index is -0.255. The van der Waals surface area contributed by atoms with Crippen LogP contribution in [0.15, 0.2) is 84.0 Å². The molecule has 2 aromatic heterocycles. The first-order chi connectivity index (χ1) is 15.6. The molecule has 2 aromatic carbocycles. The van der Waals surface area contributed by atoms with Crippen molar-refractivity contribution in [1.29, 1.82) is 0 Å². The van der Waals surface area contributed by atoms with Crippen LogP contribution in [0.2, 0.25) is 0 Å². The van der Waals surface area contributed by atoms with Crippen molar-refractivity contribution in [2.24, 2.45) is 0 Å². The van der Waals surface area contributed by atoms with Gasteiger partial charge in [-0.05, 0) is 42.7 Å². The van der Waals surface area contributed by atoms with Gasteiger partial charge in [-0.1, -0.05) is 30.3 Å². The van der Waals surface area contributed by atoms with Crippen molar-refractivity contribution >= 4 is 40.2 Å². The first-order valence-electron chi connectivity index (χ1n) is 10.1. The highest BCUT2D eigenvalue weighted by molar-refractivity contribution is 7.98. The molecule has 0 spiro atoms. The predicted molar refractivity (Wildman–Crippen MR) is 129 cm³/mol. The predicted octanol–water partition coefficient (Wildman–Crippen LogP) is 4.73. The minimum Gasteiger partial charge on any atom is -0.332 e. The van der Waals surface area contributed by atoms with Crippen LogP contribution < -0.4 is 5.32 Å². The van der Waals surface area contributed by atoms with E-state index in [2.05, 4.69) is 10.3 Å². The summed E-state index contributed by atoms with van der Waals surface area (Å²) in [6, 6.07) is 20.6. The molecule has 32 heavy (non-hydrogen) atoms. The second-order valence-corrected chi connectivity index (χ2v) is 8.07. The standard InChI is InChI=1S/C25H22N4O2S/c1-29(16-24(30)28-21-9-5-6-10-23(21)32-2)25(31)19-15-22(17-11-13-26-14-12-17)27-20-8-4-3-7-18(19)20/h3-15H,16H2,1-2H3,(H,28,30). The Morgan fingerprint density at radius 3 is 2.50 bits per heavy atom. The van der Waals surface area contributed by atoms with Crippen molar-refractivity contribution in [2.45, 2.75) is 4.90 Å². The van der Waals surface area contributed by atoms with E-state index in [-0.39, 0.29) is 18.4 Å². The molecule has 1 N–H and O–H groups in total. The molecule has 0 unspecified atom stereocenters. The van der Waals surface area contributed by atoms with Gasteiger partial charge in [-0.25, -0.2) is 4.98 Å². The van der Waals surface area contributed by atoms with Crippen molar-refractivity contribution in [3.05, 3.63) is 84.7 Å². The molecule has 0 fully saturated rings. The Labute approximate surface area is 190 Å². The SMILES string of the molecule is CSc1ccccc1NC(=O)CN(C)C(=O)c1cc(-c2ccncc2)nc2ccccc12. The number of likely N-dealkylation sites (N-methyl/N-ethyl adjacent to an activating group) is 1. The Kier molecular flexibility index (Phi) is 6.47. The van der Waals surface area contributed by atoms with Crippen molar-refractivity contribution in [1.82, 2.24) is 14.9 Å². The maximum Gasteiger partial charge on any atom is 0.254 e. The molecule has 4 aromatic rings. The Morgan fingerprint density at radius 2 is 1.72 bits per heavy atom. The Hall–Kier alpha value is -3.71. The molecule has 160 valence electrons. The largest absolute Gasteiger partial charge is 0.332 e. The molecular weight excluding hydrogens is 420 g/mol. The van der Waals surface area contributed by atoms with Crippen molar-refractivity contribution < 1.29 is 9.59 Å². The number of thioether (sulfide) groups is 1. The van der Waals surface area contributed by atoms with E-state index in [1.54, 1.807) is 37.3 Å². The summed E-state index contributed by atoms with van der Waals surface area (Å²) in [5.41, 5.74) is 3.51. The summed E-state index contributed by atoms with van der Waals surface area (Å²) in [6.45, 7) is -0.0667. The van der Waals surface area contributed by atoms with Gasteiger partial charge in [0.15, 0.2) is 0 Å². The van der Waals surface area contributed by atoms with Crippen LogP contribution in [0, 0.1) is 0 Å². The van der Waals surface area contributed by atoms with Crippen molar-refractivity contribution in [3.63, 3.8) is 0 Å². The number of hydrogen-bond acceptors (Lipinski definition) is 5. The number of fused-ring (bicyclic) bond motifs is 1. The molecule has 0 aliphatic rings. The first kappa shape index (κ1) is 21.5. The third-order valence-electron chi connectivity index (χ3n) is 5.03. The zero-order chi connectivity index (χ0) is 22.5. The lowest BCUT2D eigenvalue weighted by Gasteiger charge is -2.19. The molecule has 0 saturated carbocycles. The molecular formula is C25H22N4O2S. The molecule has 4 rings (SSSR count). The monoisotopic (exact) mass is 442 g/mol. The summed E-state index contributed by atoms with van der Waals surface area (Å²) in [5.74, 6) is -0.498. The number of para-hydroxylation sites is 2. The van der Waals surface area contributed by atoms with Gasteiger partial charge in [0.05, 0.1) is 29.0 Å². The molecule has 0 bridgehead atoms. The molecule has 0 aliphatic heterocycles. The third kappa shape index (κ3) is 4.63. The van der Waals surface area contributed by atoms with Gasteiger partial charge in [0.1, 0.15) is 0 Å². The van der Waals surface area contributed by atoms with Gasteiger partial charge in [-0.2, -0.15) is 0 Å². The number of carbonyl (C=O) groups is 2. The quantitative estimate of drug-likeness (QED) is 0.437. The second kappa shape index (κ2) is 9.62. The van der Waals surface area contributed by atoms with Gasteiger partial charge in [-0.3, -0.25) is 14.6 Å². The van der Waals surface area contributed by atoms with Gasteiger partial charge >= 0.3 is 0 Å². The van der Waals surface area contributed by atoms with Crippen LogP contribution in [0.4, 0.5) is 5.69 Å². The highest BCUT2D eigenvalue weighted by atomic mass is 32.2. The van der Waals surface area contributed by atoms with E-state index >= 15 is 0 Å². The van der Waals surface area contributed by atoms with E-state index in [1.165, 1.54) is 4.90 Å². The second-order valence-electron chi connectivity index (χ2n) is 7.22. The summed E-state index contributed by atoms with van der Waals surface area (Å²) in [7, 11) is 1.63. The Balaban J connectivity index is 1.60. The van der Waals surface area contributed by atoms with Crippen LogP contribution in [0.5, 0.6) is 0 Å². The van der Waals surface area contributed by atoms with E-state index in [0.29, 0.717) is 11.3 Å². The number of rotatable bonds is 6. The molecule has 0 atom stereocenters. The maximum absolute atomic E-state index is 13.4. The number of carbonyl (C=O) groups excluding carboxylic acids is 2. The fraction of sp³-hybridized carbons (Fsp3) is 0.120. The fourth-order valence-electron chi connectivity index (χ4n) is 3.45. The van der Waals surface area contributed by atoms with Crippen LogP contribution in [0.1, 0.15) is 10.4 Å². The first-order valence-corrected chi connectivity index (χ1v) is 11.3. The van der Waals surface area contributed by atoms with Crippen LogP contribution in [-0.2, 0) is 4.79 Å². The van der Waals surface area contributed by atoms with Crippen LogP contribution in [-0.4, -0.2) is 46.5 Å².